The van der Waals surface area contributed by atoms with E-state index in [0.29, 0.717) is 19.3 Å². The van der Waals surface area contributed by atoms with Crippen LogP contribution in [-0.2, 0) is 14.1 Å². The van der Waals surface area contributed by atoms with Gasteiger partial charge in [-0.2, -0.15) is 0 Å². The molecule has 0 spiro atoms. The molecule has 1 heterocycles. The van der Waals surface area contributed by atoms with E-state index in [0.717, 1.165) is 25.6 Å². The van der Waals surface area contributed by atoms with Crippen LogP contribution in [0.4, 0.5) is 0 Å². The van der Waals surface area contributed by atoms with E-state index >= 15 is 0 Å². The summed E-state index contributed by atoms with van der Waals surface area (Å²) in [7, 11) is -0.151. The second kappa shape index (κ2) is 6.27. The number of aliphatic carboxylic acids is 1. The Labute approximate surface area is 127 Å². The molecule has 2 aliphatic rings. The fourth-order valence-electron chi connectivity index (χ4n) is 3.45. The van der Waals surface area contributed by atoms with Crippen LogP contribution in [0.3, 0.4) is 0 Å². The third-order valence-corrected chi connectivity index (χ3v) is 5.22. The molecule has 3 atom stereocenters. The molecule has 21 heavy (non-hydrogen) atoms. The first-order chi connectivity index (χ1) is 9.75. The van der Waals surface area contributed by atoms with Crippen LogP contribution in [0.2, 0.25) is 6.32 Å². The molecule has 1 aliphatic carbocycles. The fourth-order valence-corrected chi connectivity index (χ4v) is 3.45. The van der Waals surface area contributed by atoms with Gasteiger partial charge in [0, 0.05) is 6.04 Å². The Morgan fingerprint density at radius 1 is 1.43 bits per heavy atom. The van der Waals surface area contributed by atoms with Gasteiger partial charge in [-0.25, -0.2) is 0 Å². The highest BCUT2D eigenvalue weighted by molar-refractivity contribution is 6.45. The zero-order chi connectivity index (χ0) is 15.7. The van der Waals surface area contributed by atoms with E-state index in [4.69, 9.17) is 15.0 Å². The molecular weight excluding hydrogens is 269 g/mol. The SMILES string of the molecule is CC1OB(CCCC[C@@]2(C(=O)O)CC[C@H](N)C2)OC1(C)C. The standard InChI is InChI=1S/C15H28BNO4/c1-11-14(2,3)21-16(20-11)9-5-4-7-15(13(18)19)8-6-12(17)10-15/h11-12H,4-10,17H2,1-3H3,(H,18,19)/t11?,12-,15+/m0/s1. The van der Waals surface area contributed by atoms with E-state index in [1.807, 2.05) is 20.8 Å². The Hall–Kier alpha value is -0.585. The highest BCUT2D eigenvalue weighted by atomic mass is 16.7. The van der Waals surface area contributed by atoms with Crippen LogP contribution in [0, 0.1) is 5.41 Å². The van der Waals surface area contributed by atoms with Gasteiger partial charge >= 0.3 is 13.1 Å². The Morgan fingerprint density at radius 2 is 2.14 bits per heavy atom. The molecule has 3 N–H and O–H groups in total. The maximum Gasteiger partial charge on any atom is 0.457 e. The van der Waals surface area contributed by atoms with Crippen molar-refractivity contribution in [3.05, 3.63) is 0 Å². The first-order valence-electron chi connectivity index (χ1n) is 8.07. The van der Waals surface area contributed by atoms with E-state index in [9.17, 15) is 9.90 Å². The molecular formula is C15H28BNO4. The average molecular weight is 297 g/mol. The van der Waals surface area contributed by atoms with Crippen molar-refractivity contribution in [3.8, 4) is 0 Å². The number of rotatable bonds is 6. The van der Waals surface area contributed by atoms with Crippen LogP contribution in [0.25, 0.3) is 0 Å². The summed E-state index contributed by atoms with van der Waals surface area (Å²) in [4.78, 5) is 11.5. The normalized spacial score (nSPS) is 35.3. The van der Waals surface area contributed by atoms with Crippen molar-refractivity contribution in [1.29, 1.82) is 0 Å². The minimum atomic E-state index is -0.682. The molecule has 0 amide bonds. The van der Waals surface area contributed by atoms with Gasteiger partial charge in [0.15, 0.2) is 0 Å². The molecule has 0 aromatic carbocycles. The number of hydrogen-bond donors (Lipinski definition) is 2. The highest BCUT2D eigenvalue weighted by Crippen LogP contribution is 2.42. The van der Waals surface area contributed by atoms with Crippen molar-refractivity contribution in [2.24, 2.45) is 11.1 Å². The van der Waals surface area contributed by atoms with Gasteiger partial charge in [0.1, 0.15) is 0 Å². The molecule has 1 unspecified atom stereocenters. The summed E-state index contributed by atoms with van der Waals surface area (Å²) >= 11 is 0. The second-order valence-electron chi connectivity index (χ2n) is 7.26. The monoisotopic (exact) mass is 297 g/mol. The highest BCUT2D eigenvalue weighted by Gasteiger charge is 2.45. The van der Waals surface area contributed by atoms with E-state index in [1.165, 1.54) is 0 Å². The lowest BCUT2D eigenvalue weighted by Crippen LogP contribution is -2.30. The summed E-state index contributed by atoms with van der Waals surface area (Å²) < 4.78 is 11.6. The molecule has 0 aromatic rings. The quantitative estimate of drug-likeness (QED) is 0.581. The smallest absolute Gasteiger partial charge is 0.457 e. The van der Waals surface area contributed by atoms with Gasteiger partial charge in [-0.3, -0.25) is 4.79 Å². The maximum absolute atomic E-state index is 11.5. The number of unbranched alkanes of at least 4 members (excludes halogenated alkanes) is 1. The maximum atomic E-state index is 11.5. The molecule has 1 saturated heterocycles. The summed E-state index contributed by atoms with van der Waals surface area (Å²) in [5.74, 6) is -0.682. The fraction of sp³-hybridized carbons (Fsp3) is 0.933. The Morgan fingerprint density at radius 3 is 2.62 bits per heavy atom. The first-order valence-corrected chi connectivity index (χ1v) is 8.07. The van der Waals surface area contributed by atoms with Gasteiger partial charge in [-0.15, -0.1) is 0 Å². The Kier molecular flexibility index (Phi) is 5.01. The lowest BCUT2D eigenvalue weighted by atomic mass is 9.77. The zero-order valence-corrected chi connectivity index (χ0v) is 13.4. The van der Waals surface area contributed by atoms with Crippen LogP contribution in [0.1, 0.15) is 59.3 Å². The molecule has 2 fully saturated rings. The lowest BCUT2D eigenvalue weighted by Gasteiger charge is -2.24. The largest absolute Gasteiger partial charge is 0.481 e. The van der Waals surface area contributed by atoms with Gasteiger partial charge in [0.05, 0.1) is 17.1 Å². The third-order valence-electron chi connectivity index (χ3n) is 5.22. The number of carboxylic acid groups (broad SMARTS) is 1. The van der Waals surface area contributed by atoms with E-state index in [2.05, 4.69) is 0 Å². The van der Waals surface area contributed by atoms with Crippen LogP contribution in [-0.4, -0.2) is 35.9 Å². The zero-order valence-electron chi connectivity index (χ0n) is 13.4. The average Bonchev–Trinajstić information content (AvgIpc) is 2.87. The molecule has 6 heteroatoms. The van der Waals surface area contributed by atoms with Gasteiger partial charge < -0.3 is 20.1 Å². The topological polar surface area (TPSA) is 81.8 Å². The molecule has 0 aromatic heterocycles. The van der Waals surface area contributed by atoms with Gasteiger partial charge in [0.2, 0.25) is 0 Å². The first kappa shape index (κ1) is 16.8. The summed E-state index contributed by atoms with van der Waals surface area (Å²) in [6, 6.07) is 0.0456. The lowest BCUT2D eigenvalue weighted by molar-refractivity contribution is -0.149. The van der Waals surface area contributed by atoms with Gasteiger partial charge in [0.25, 0.3) is 0 Å². The predicted molar refractivity (Wildman–Crippen MR) is 82.0 cm³/mol. The number of carboxylic acids is 1. The second-order valence-corrected chi connectivity index (χ2v) is 7.26. The summed E-state index contributed by atoms with van der Waals surface area (Å²) in [6.45, 7) is 6.10. The molecule has 1 aliphatic heterocycles. The Bertz CT molecular complexity index is 390. The summed E-state index contributed by atoms with van der Waals surface area (Å²) in [5.41, 5.74) is 5.07. The van der Waals surface area contributed by atoms with Crippen LogP contribution in [0.5, 0.6) is 0 Å². The Balaban J connectivity index is 1.73. The minimum absolute atomic E-state index is 0.0456. The van der Waals surface area contributed by atoms with Crippen LogP contribution in [0.15, 0.2) is 0 Å². The molecule has 2 rings (SSSR count). The third kappa shape index (κ3) is 3.79. The van der Waals surface area contributed by atoms with E-state index in [-0.39, 0.29) is 24.9 Å². The number of carbonyl (C=O) groups is 1. The molecule has 120 valence electrons. The van der Waals surface area contributed by atoms with Crippen molar-refractivity contribution in [2.45, 2.75) is 83.4 Å². The van der Waals surface area contributed by atoms with E-state index < -0.39 is 11.4 Å². The molecule has 0 radical (unpaired) electrons. The molecule has 0 bridgehead atoms. The van der Waals surface area contributed by atoms with Crippen molar-refractivity contribution in [1.82, 2.24) is 0 Å². The van der Waals surface area contributed by atoms with Gasteiger partial charge in [-0.1, -0.05) is 12.8 Å². The predicted octanol–water partition coefficient (Wildman–Crippen LogP) is 2.44. The van der Waals surface area contributed by atoms with E-state index in [1.54, 1.807) is 0 Å². The number of nitrogens with two attached hydrogens (primary N) is 1. The molecule has 5 nitrogen and oxygen atoms in total. The van der Waals surface area contributed by atoms with Crippen molar-refractivity contribution >= 4 is 13.1 Å². The number of hydrogen-bond acceptors (Lipinski definition) is 4. The summed E-state index contributed by atoms with van der Waals surface area (Å²) in [5, 5.41) is 9.49. The van der Waals surface area contributed by atoms with Crippen molar-refractivity contribution in [3.63, 3.8) is 0 Å². The van der Waals surface area contributed by atoms with Crippen molar-refractivity contribution in [2.75, 3.05) is 0 Å². The minimum Gasteiger partial charge on any atom is -0.481 e. The van der Waals surface area contributed by atoms with Crippen LogP contribution < -0.4 is 5.73 Å². The van der Waals surface area contributed by atoms with Crippen molar-refractivity contribution < 1.29 is 19.2 Å². The molecule has 1 saturated carbocycles. The summed E-state index contributed by atoms with van der Waals surface area (Å²) in [6.07, 6.45) is 5.60. The van der Waals surface area contributed by atoms with Gasteiger partial charge in [-0.05, 0) is 52.8 Å². The van der Waals surface area contributed by atoms with Crippen LogP contribution >= 0.6 is 0 Å².